The first-order chi connectivity index (χ1) is 14.9. The van der Waals surface area contributed by atoms with E-state index >= 15 is 0 Å². The van der Waals surface area contributed by atoms with Gasteiger partial charge in [0.05, 0.1) is 0 Å². The molecule has 31 heavy (non-hydrogen) atoms. The second kappa shape index (κ2) is 11.8. The monoisotopic (exact) mass is 608 g/mol. The fourth-order valence-corrected chi connectivity index (χ4v) is 5.25. The van der Waals surface area contributed by atoms with E-state index in [1.54, 1.807) is 0 Å². The van der Waals surface area contributed by atoms with Crippen molar-refractivity contribution in [3.05, 3.63) is 103 Å². The van der Waals surface area contributed by atoms with Gasteiger partial charge in [-0.05, 0) is 65.9 Å². The molecule has 0 radical (unpaired) electrons. The summed E-state index contributed by atoms with van der Waals surface area (Å²) < 4.78 is 8.01. The Labute approximate surface area is 209 Å². The summed E-state index contributed by atoms with van der Waals surface area (Å²) >= 11 is 11.0. The van der Waals surface area contributed by atoms with Gasteiger partial charge in [-0.1, -0.05) is 97.0 Å². The molecule has 7 heteroatoms. The second-order valence-electron chi connectivity index (χ2n) is 7.44. The molecule has 3 nitrogen and oxygen atoms in total. The third-order valence-electron chi connectivity index (χ3n) is 5.42. The highest BCUT2D eigenvalue weighted by Crippen LogP contribution is 2.45. The van der Waals surface area contributed by atoms with Crippen molar-refractivity contribution >= 4 is 55.1 Å². The number of hydrogen-bond donors (Lipinski definition) is 2. The third kappa shape index (κ3) is 6.53. The molecule has 3 aromatic carbocycles. The first kappa shape index (κ1) is 24.7. The van der Waals surface area contributed by atoms with Gasteiger partial charge in [0.2, 0.25) is 0 Å². The van der Waals surface area contributed by atoms with Crippen molar-refractivity contribution < 1.29 is 14.7 Å². The van der Waals surface area contributed by atoms with Gasteiger partial charge < -0.3 is 14.7 Å². The lowest BCUT2D eigenvalue weighted by atomic mass is 9.66. The van der Waals surface area contributed by atoms with Crippen LogP contribution in [0.5, 0.6) is 0 Å². The van der Waals surface area contributed by atoms with E-state index < -0.39 is 7.32 Å². The van der Waals surface area contributed by atoms with Gasteiger partial charge in [-0.25, -0.2) is 0 Å². The molecule has 2 N–H and O–H groups in total. The molecule has 0 fully saturated rings. The molecule has 0 atom stereocenters. The molecule has 0 heterocycles. The van der Waals surface area contributed by atoms with Gasteiger partial charge in [0, 0.05) is 25.4 Å². The summed E-state index contributed by atoms with van der Waals surface area (Å²) in [7, 11) is -1.70. The summed E-state index contributed by atoms with van der Waals surface area (Å²) in [5.41, 5.74) is 3.33. The zero-order valence-corrected chi connectivity index (χ0v) is 21.7. The van der Waals surface area contributed by atoms with Crippen LogP contribution in [-0.4, -0.2) is 24.0 Å². The maximum atomic E-state index is 8.88. The van der Waals surface area contributed by atoms with Crippen LogP contribution in [0.3, 0.4) is 0 Å². The van der Waals surface area contributed by atoms with E-state index in [2.05, 4.69) is 102 Å². The Morgan fingerprint density at radius 3 is 1.52 bits per heavy atom. The van der Waals surface area contributed by atoms with Crippen molar-refractivity contribution in [1.29, 1.82) is 0 Å². The van der Waals surface area contributed by atoms with Crippen molar-refractivity contribution in [3.8, 4) is 0 Å². The number of halogens is 3. The Bertz CT molecular complexity index is 886. The molecule has 0 unspecified atom stereocenters. The van der Waals surface area contributed by atoms with Crippen molar-refractivity contribution in [2.75, 3.05) is 6.61 Å². The van der Waals surface area contributed by atoms with Crippen molar-refractivity contribution in [2.24, 2.45) is 0 Å². The minimum atomic E-state index is -1.70. The average Bonchev–Trinajstić information content (AvgIpc) is 2.73. The van der Waals surface area contributed by atoms with Gasteiger partial charge in [0.15, 0.2) is 0 Å². The fourth-order valence-electron chi connectivity index (χ4n) is 4.05. The van der Waals surface area contributed by atoms with Gasteiger partial charge in [-0.2, -0.15) is 0 Å². The van der Waals surface area contributed by atoms with Crippen molar-refractivity contribution in [3.63, 3.8) is 0 Å². The summed E-state index contributed by atoms with van der Waals surface area (Å²) in [5.74, 6) is 0. The van der Waals surface area contributed by atoms with Crippen LogP contribution < -0.4 is 0 Å². The Morgan fingerprint density at radius 2 is 1.13 bits per heavy atom. The van der Waals surface area contributed by atoms with Crippen LogP contribution in [-0.2, 0) is 10.1 Å². The highest BCUT2D eigenvalue weighted by molar-refractivity contribution is 9.11. The molecule has 0 amide bonds. The highest BCUT2D eigenvalue weighted by atomic mass is 79.9. The smallest absolute Gasteiger partial charge is 0.402 e. The molecule has 0 bridgehead atoms. The van der Waals surface area contributed by atoms with Crippen LogP contribution in [0.1, 0.15) is 42.4 Å². The van der Waals surface area contributed by atoms with Crippen LogP contribution in [0.15, 0.2) is 86.2 Å². The summed E-state index contributed by atoms with van der Waals surface area (Å²) in [6.07, 6.45) is 3.54. The first-order valence-corrected chi connectivity index (χ1v) is 12.6. The van der Waals surface area contributed by atoms with Crippen molar-refractivity contribution in [2.45, 2.75) is 31.1 Å². The maximum Gasteiger partial charge on any atom is 0.633 e. The molecular formula is C24H24BBr3O3. The van der Waals surface area contributed by atoms with Gasteiger partial charge in [-0.15, -0.1) is 0 Å². The quantitative estimate of drug-likeness (QED) is 0.150. The number of hydrogen-bond acceptors (Lipinski definition) is 3. The summed E-state index contributed by atoms with van der Waals surface area (Å²) in [6, 6.07) is 25.6. The molecule has 162 valence electrons. The standard InChI is InChI=1S/C24H24BBr3O3/c26-21-10-4-7-18(15-21)24(19-8-5-11-22(27)16-19,20-9-6-12-23(28)17-20)13-2-1-3-14-31-25(29)30/h4-12,15-17,29-30H,1-3,13-14H2. The van der Waals surface area contributed by atoms with Gasteiger partial charge in [0.1, 0.15) is 0 Å². The maximum absolute atomic E-state index is 8.88. The molecule has 3 aromatic rings. The first-order valence-electron chi connectivity index (χ1n) is 10.2. The summed E-state index contributed by atoms with van der Waals surface area (Å²) in [4.78, 5) is 0. The Balaban J connectivity index is 2.05. The number of unbranched alkanes of at least 4 members (excludes halogenated alkanes) is 2. The van der Waals surface area contributed by atoms with Gasteiger partial charge >= 0.3 is 7.32 Å². The Hall–Kier alpha value is -0.955. The van der Waals surface area contributed by atoms with E-state index in [0.29, 0.717) is 6.61 Å². The molecule has 0 aromatic heterocycles. The highest BCUT2D eigenvalue weighted by Gasteiger charge is 2.36. The van der Waals surface area contributed by atoms with E-state index in [1.807, 2.05) is 18.2 Å². The zero-order valence-electron chi connectivity index (χ0n) is 17.0. The van der Waals surface area contributed by atoms with Gasteiger partial charge in [0.25, 0.3) is 0 Å². The lowest BCUT2D eigenvalue weighted by molar-refractivity contribution is 0.181. The SMILES string of the molecule is OB(O)OCCCCCC(c1cccc(Br)c1)(c1cccc(Br)c1)c1cccc(Br)c1. The minimum absolute atomic E-state index is 0.329. The minimum Gasteiger partial charge on any atom is -0.402 e. The molecule has 0 spiro atoms. The lowest BCUT2D eigenvalue weighted by Crippen LogP contribution is -2.29. The molecule has 0 aliphatic carbocycles. The number of rotatable bonds is 10. The van der Waals surface area contributed by atoms with Crippen LogP contribution in [0.4, 0.5) is 0 Å². The predicted molar refractivity (Wildman–Crippen MR) is 137 cm³/mol. The zero-order chi connectivity index (χ0) is 22.3. The molecule has 0 aliphatic heterocycles. The van der Waals surface area contributed by atoms with E-state index in [9.17, 15) is 0 Å². The molecule has 0 saturated carbocycles. The Morgan fingerprint density at radius 1 is 0.677 bits per heavy atom. The van der Waals surface area contributed by atoms with E-state index in [1.165, 1.54) is 16.7 Å². The van der Waals surface area contributed by atoms with Crippen LogP contribution in [0, 0.1) is 0 Å². The van der Waals surface area contributed by atoms with Gasteiger partial charge in [-0.3, -0.25) is 0 Å². The molecule has 0 aliphatic rings. The third-order valence-corrected chi connectivity index (χ3v) is 6.90. The molecule has 3 rings (SSSR count). The van der Waals surface area contributed by atoms with Crippen LogP contribution >= 0.6 is 47.8 Å². The van der Waals surface area contributed by atoms with Crippen molar-refractivity contribution in [1.82, 2.24) is 0 Å². The molecular weight excluding hydrogens is 587 g/mol. The average molecular weight is 611 g/mol. The number of benzene rings is 3. The van der Waals surface area contributed by atoms with Crippen LogP contribution in [0.2, 0.25) is 0 Å². The Kier molecular flexibility index (Phi) is 9.38. The largest absolute Gasteiger partial charge is 0.633 e. The predicted octanol–water partition coefficient (Wildman–Crippen LogP) is 6.86. The summed E-state index contributed by atoms with van der Waals surface area (Å²) in [5, 5.41) is 17.8. The van der Waals surface area contributed by atoms with Crippen LogP contribution in [0.25, 0.3) is 0 Å². The second-order valence-corrected chi connectivity index (χ2v) is 10.2. The van der Waals surface area contributed by atoms with E-state index in [4.69, 9.17) is 14.7 Å². The topological polar surface area (TPSA) is 49.7 Å². The lowest BCUT2D eigenvalue weighted by Gasteiger charge is -2.37. The fraction of sp³-hybridized carbons (Fsp3) is 0.250. The van der Waals surface area contributed by atoms with E-state index in [-0.39, 0.29) is 5.41 Å². The summed E-state index contributed by atoms with van der Waals surface area (Å²) in [6.45, 7) is 0.329. The normalized spacial score (nSPS) is 11.5. The molecule has 0 saturated heterocycles. The van der Waals surface area contributed by atoms with E-state index in [0.717, 1.165) is 39.1 Å².